The number of aromatic nitrogens is 1. The summed E-state index contributed by atoms with van der Waals surface area (Å²) in [6.45, 7) is 2.34. The molecule has 1 heterocycles. The molecule has 32 heavy (non-hydrogen) atoms. The van der Waals surface area contributed by atoms with Crippen LogP contribution in [-0.4, -0.2) is 41.4 Å². The number of fused-ring (bicyclic) bond motifs is 3. The molecule has 0 spiro atoms. The summed E-state index contributed by atoms with van der Waals surface area (Å²) >= 11 is 0. The maximum Gasteiger partial charge on any atom is 0.407 e. The van der Waals surface area contributed by atoms with E-state index in [1.807, 2.05) is 43.3 Å². The molecule has 0 fully saturated rings. The van der Waals surface area contributed by atoms with Crippen molar-refractivity contribution in [1.29, 1.82) is 0 Å². The lowest BCUT2D eigenvalue weighted by Crippen LogP contribution is -2.43. The molecule has 1 aliphatic rings. The highest BCUT2D eigenvalue weighted by Crippen LogP contribution is 2.44. The first-order chi connectivity index (χ1) is 15.6. The Hall–Kier alpha value is -3.87. The second kappa shape index (κ2) is 9.51. The van der Waals surface area contributed by atoms with Crippen LogP contribution in [0.5, 0.6) is 5.88 Å². The minimum absolute atomic E-state index is 0.0305. The van der Waals surface area contributed by atoms with Gasteiger partial charge in [0, 0.05) is 24.1 Å². The van der Waals surface area contributed by atoms with Gasteiger partial charge in [-0.25, -0.2) is 14.6 Å². The van der Waals surface area contributed by atoms with Gasteiger partial charge in [-0.15, -0.1) is 0 Å². The van der Waals surface area contributed by atoms with Crippen LogP contribution in [0.3, 0.4) is 0 Å². The molecular weight excluding hydrogens is 408 g/mol. The molecule has 0 bridgehead atoms. The van der Waals surface area contributed by atoms with Gasteiger partial charge in [-0.2, -0.15) is 0 Å². The number of nitrogens with zero attached hydrogens (tertiary/aromatic N) is 1. The van der Waals surface area contributed by atoms with Gasteiger partial charge < -0.3 is 19.9 Å². The lowest BCUT2D eigenvalue weighted by Gasteiger charge is -2.18. The molecule has 2 aromatic carbocycles. The van der Waals surface area contributed by atoms with Crippen molar-refractivity contribution in [2.75, 3.05) is 13.2 Å². The highest BCUT2D eigenvalue weighted by Gasteiger charge is 2.30. The molecule has 1 aliphatic carbocycles. The smallest absolute Gasteiger partial charge is 0.407 e. The van der Waals surface area contributed by atoms with Crippen molar-refractivity contribution in [3.8, 4) is 17.0 Å². The van der Waals surface area contributed by atoms with Gasteiger partial charge in [-0.1, -0.05) is 54.6 Å². The maximum absolute atomic E-state index is 12.5. The molecule has 0 saturated heterocycles. The van der Waals surface area contributed by atoms with E-state index < -0.39 is 18.1 Å². The zero-order valence-electron chi connectivity index (χ0n) is 17.7. The van der Waals surface area contributed by atoms with Crippen molar-refractivity contribution in [1.82, 2.24) is 10.3 Å². The molecule has 7 heteroatoms. The van der Waals surface area contributed by atoms with E-state index in [0.29, 0.717) is 18.1 Å². The van der Waals surface area contributed by atoms with E-state index in [9.17, 15) is 14.7 Å². The van der Waals surface area contributed by atoms with E-state index in [1.165, 1.54) is 0 Å². The number of carboxylic acid groups (broad SMARTS) is 1. The summed E-state index contributed by atoms with van der Waals surface area (Å²) in [4.78, 5) is 28.4. The number of alkyl carbamates (subject to hydrolysis) is 1. The van der Waals surface area contributed by atoms with Crippen molar-refractivity contribution in [3.63, 3.8) is 0 Å². The minimum atomic E-state index is -1.17. The molecule has 0 aliphatic heterocycles. The Balaban J connectivity index is 1.44. The van der Waals surface area contributed by atoms with Crippen LogP contribution in [0.2, 0.25) is 0 Å². The minimum Gasteiger partial charge on any atom is -0.480 e. The number of ether oxygens (including phenoxy) is 2. The van der Waals surface area contributed by atoms with Crippen LogP contribution in [0.25, 0.3) is 11.1 Å². The average molecular weight is 432 g/mol. The van der Waals surface area contributed by atoms with E-state index in [-0.39, 0.29) is 18.9 Å². The van der Waals surface area contributed by atoms with Gasteiger partial charge in [0.05, 0.1) is 6.61 Å². The Morgan fingerprint density at radius 3 is 2.31 bits per heavy atom. The summed E-state index contributed by atoms with van der Waals surface area (Å²) in [6, 6.07) is 18.3. The summed E-state index contributed by atoms with van der Waals surface area (Å²) in [5.41, 5.74) is 5.03. The van der Waals surface area contributed by atoms with Gasteiger partial charge in [-0.3, -0.25) is 0 Å². The summed E-state index contributed by atoms with van der Waals surface area (Å²) in [7, 11) is 0. The quantitative estimate of drug-likeness (QED) is 0.558. The third kappa shape index (κ3) is 4.42. The number of rotatable bonds is 8. The normalized spacial score (nSPS) is 13.0. The standard InChI is InChI=1S/C25H24N2O5/c1-2-31-23-16(8-7-13-26-23)14-22(24(28)29)27-25(30)32-15-21-19-11-5-3-9-17(19)18-10-4-6-12-20(18)21/h3-13,21-22H,2,14-15H2,1H3,(H,27,30)(H,28,29). The Morgan fingerprint density at radius 1 is 1.03 bits per heavy atom. The van der Waals surface area contributed by atoms with Crippen molar-refractivity contribution in [2.45, 2.75) is 25.3 Å². The highest BCUT2D eigenvalue weighted by molar-refractivity contribution is 5.81. The first kappa shape index (κ1) is 21.4. The van der Waals surface area contributed by atoms with Crippen LogP contribution < -0.4 is 10.1 Å². The van der Waals surface area contributed by atoms with E-state index in [1.54, 1.807) is 18.3 Å². The van der Waals surface area contributed by atoms with Gasteiger partial charge in [0.25, 0.3) is 0 Å². The number of hydrogen-bond donors (Lipinski definition) is 2. The number of benzene rings is 2. The number of aliphatic carboxylic acids is 1. The molecular formula is C25H24N2O5. The Labute approximate surface area is 186 Å². The van der Waals surface area contributed by atoms with Gasteiger partial charge in [0.2, 0.25) is 5.88 Å². The first-order valence-electron chi connectivity index (χ1n) is 10.5. The van der Waals surface area contributed by atoms with Crippen LogP contribution in [0.4, 0.5) is 4.79 Å². The van der Waals surface area contributed by atoms with Gasteiger partial charge >= 0.3 is 12.1 Å². The molecule has 0 saturated carbocycles. The topological polar surface area (TPSA) is 97.8 Å². The lowest BCUT2D eigenvalue weighted by atomic mass is 9.98. The summed E-state index contributed by atoms with van der Waals surface area (Å²) in [6.07, 6.45) is 0.826. The molecule has 164 valence electrons. The van der Waals surface area contributed by atoms with Crippen LogP contribution in [0, 0.1) is 0 Å². The van der Waals surface area contributed by atoms with Gasteiger partial charge in [0.1, 0.15) is 12.6 Å². The van der Waals surface area contributed by atoms with Crippen molar-refractivity contribution < 1.29 is 24.2 Å². The van der Waals surface area contributed by atoms with Crippen LogP contribution >= 0.6 is 0 Å². The van der Waals surface area contributed by atoms with E-state index >= 15 is 0 Å². The third-order valence-corrected chi connectivity index (χ3v) is 5.49. The van der Waals surface area contributed by atoms with E-state index in [0.717, 1.165) is 22.3 Å². The Kier molecular flexibility index (Phi) is 6.35. The monoisotopic (exact) mass is 432 g/mol. The summed E-state index contributed by atoms with van der Waals surface area (Å²) in [5.74, 6) is -0.903. The molecule has 0 radical (unpaired) electrons. The largest absolute Gasteiger partial charge is 0.480 e. The summed E-state index contributed by atoms with van der Waals surface area (Å²) in [5, 5.41) is 12.1. The Bertz CT molecular complexity index is 1090. The predicted octanol–water partition coefficient (Wildman–Crippen LogP) is 4.01. The molecule has 1 amide bonds. The first-order valence-corrected chi connectivity index (χ1v) is 10.5. The van der Waals surface area contributed by atoms with Crippen molar-refractivity contribution in [3.05, 3.63) is 83.6 Å². The number of pyridine rings is 1. The van der Waals surface area contributed by atoms with E-state index in [2.05, 4.69) is 22.4 Å². The van der Waals surface area contributed by atoms with Crippen LogP contribution in [0.1, 0.15) is 29.5 Å². The average Bonchev–Trinajstić information content (AvgIpc) is 3.12. The van der Waals surface area contributed by atoms with Gasteiger partial charge in [0.15, 0.2) is 0 Å². The fourth-order valence-corrected chi connectivity index (χ4v) is 4.05. The number of amides is 1. The van der Waals surface area contributed by atoms with Gasteiger partial charge in [-0.05, 0) is 35.2 Å². The fraction of sp³-hybridized carbons (Fsp3) is 0.240. The SMILES string of the molecule is CCOc1ncccc1CC(NC(=O)OCC1c2ccccc2-c2ccccc21)C(=O)O. The predicted molar refractivity (Wildman–Crippen MR) is 119 cm³/mol. The molecule has 1 unspecified atom stereocenters. The lowest BCUT2D eigenvalue weighted by molar-refractivity contribution is -0.139. The van der Waals surface area contributed by atoms with Crippen LogP contribution in [0.15, 0.2) is 66.9 Å². The molecule has 4 rings (SSSR count). The Morgan fingerprint density at radius 2 is 1.69 bits per heavy atom. The van der Waals surface area contributed by atoms with Crippen molar-refractivity contribution >= 4 is 12.1 Å². The zero-order chi connectivity index (χ0) is 22.5. The maximum atomic E-state index is 12.5. The number of carbonyl (C=O) groups is 2. The van der Waals surface area contributed by atoms with Crippen molar-refractivity contribution in [2.24, 2.45) is 0 Å². The molecule has 1 atom stereocenters. The number of carbonyl (C=O) groups excluding carboxylic acids is 1. The van der Waals surface area contributed by atoms with Crippen LogP contribution in [-0.2, 0) is 16.0 Å². The zero-order valence-corrected chi connectivity index (χ0v) is 17.7. The highest BCUT2D eigenvalue weighted by atomic mass is 16.5. The molecule has 3 aromatic rings. The van der Waals surface area contributed by atoms with E-state index in [4.69, 9.17) is 9.47 Å². The molecule has 1 aromatic heterocycles. The number of hydrogen-bond acceptors (Lipinski definition) is 5. The number of carboxylic acids is 1. The molecule has 7 nitrogen and oxygen atoms in total. The fourth-order valence-electron chi connectivity index (χ4n) is 4.05. The summed E-state index contributed by atoms with van der Waals surface area (Å²) < 4.78 is 10.9. The second-order valence-corrected chi connectivity index (χ2v) is 7.47. The number of nitrogens with one attached hydrogen (secondary N) is 1. The molecule has 2 N–H and O–H groups in total. The third-order valence-electron chi connectivity index (χ3n) is 5.49. The second-order valence-electron chi connectivity index (χ2n) is 7.47.